The van der Waals surface area contributed by atoms with Gasteiger partial charge in [-0.25, -0.2) is 4.98 Å². The fourth-order valence-corrected chi connectivity index (χ4v) is 3.76. The number of fused-ring (bicyclic) bond motifs is 1. The van der Waals surface area contributed by atoms with Crippen molar-refractivity contribution in [1.82, 2.24) is 4.98 Å². The molecule has 0 aliphatic heterocycles. The van der Waals surface area contributed by atoms with Crippen molar-refractivity contribution >= 4 is 33.1 Å². The van der Waals surface area contributed by atoms with Gasteiger partial charge in [0.15, 0.2) is 5.13 Å². The van der Waals surface area contributed by atoms with Gasteiger partial charge in [-0.2, -0.15) is 0 Å². The summed E-state index contributed by atoms with van der Waals surface area (Å²) in [5.74, 6) is -0.123. The van der Waals surface area contributed by atoms with Crippen molar-refractivity contribution in [2.45, 2.75) is 13.8 Å². The van der Waals surface area contributed by atoms with Crippen LogP contribution in [0.1, 0.15) is 21.5 Å². The highest BCUT2D eigenvalue weighted by Crippen LogP contribution is 2.28. The number of carbonyl (C=O) groups is 1. The first kappa shape index (κ1) is 16.5. The summed E-state index contributed by atoms with van der Waals surface area (Å²) in [6.07, 6.45) is 0. The summed E-state index contributed by atoms with van der Waals surface area (Å²) in [5.41, 5.74) is 4.71. The number of thiazole rings is 1. The van der Waals surface area contributed by atoms with Gasteiger partial charge in [0.25, 0.3) is 5.91 Å². The Morgan fingerprint density at radius 2 is 1.77 bits per heavy atom. The maximum Gasteiger partial charge on any atom is 0.257 e. The van der Waals surface area contributed by atoms with Crippen molar-refractivity contribution in [2.75, 3.05) is 5.32 Å². The molecule has 1 heterocycles. The molecule has 0 saturated heterocycles. The van der Waals surface area contributed by atoms with Gasteiger partial charge in [0, 0.05) is 16.5 Å². The van der Waals surface area contributed by atoms with Gasteiger partial charge in [-0.15, -0.1) is 11.3 Å². The fraction of sp³-hybridized carbons (Fsp3) is 0.0909. The number of amides is 1. The Morgan fingerprint density at radius 1 is 0.962 bits per heavy atom. The predicted molar refractivity (Wildman–Crippen MR) is 109 cm³/mol. The van der Waals surface area contributed by atoms with E-state index >= 15 is 0 Å². The molecule has 0 spiro atoms. The van der Waals surface area contributed by atoms with Crippen molar-refractivity contribution in [3.8, 4) is 11.3 Å². The van der Waals surface area contributed by atoms with Crippen LogP contribution < -0.4 is 5.32 Å². The molecule has 1 N–H and O–H groups in total. The van der Waals surface area contributed by atoms with E-state index in [9.17, 15) is 4.79 Å². The Hall–Kier alpha value is -2.98. The molecule has 3 nitrogen and oxygen atoms in total. The second-order valence-corrected chi connectivity index (χ2v) is 7.23. The number of aryl methyl sites for hydroxylation is 2. The second-order valence-electron chi connectivity index (χ2n) is 6.37. The molecule has 0 bridgehead atoms. The van der Waals surface area contributed by atoms with Crippen LogP contribution >= 0.6 is 11.3 Å². The largest absolute Gasteiger partial charge is 0.298 e. The lowest BCUT2D eigenvalue weighted by Crippen LogP contribution is -2.13. The quantitative estimate of drug-likeness (QED) is 0.500. The van der Waals surface area contributed by atoms with E-state index in [1.807, 2.05) is 49.6 Å². The number of anilines is 1. The number of hydrogen-bond acceptors (Lipinski definition) is 3. The molecular weight excluding hydrogens is 340 g/mol. The Kier molecular flexibility index (Phi) is 4.27. The molecule has 4 rings (SSSR count). The molecule has 26 heavy (non-hydrogen) atoms. The fourth-order valence-electron chi connectivity index (χ4n) is 3.05. The van der Waals surface area contributed by atoms with Crippen LogP contribution in [0.15, 0.2) is 66.0 Å². The average Bonchev–Trinajstić information content (AvgIpc) is 3.09. The Balaban J connectivity index is 1.58. The molecule has 128 valence electrons. The van der Waals surface area contributed by atoms with Crippen LogP contribution in [-0.2, 0) is 0 Å². The third-order valence-electron chi connectivity index (χ3n) is 4.40. The predicted octanol–water partition coefficient (Wildman–Crippen LogP) is 5.83. The highest BCUT2D eigenvalue weighted by atomic mass is 32.1. The van der Waals surface area contributed by atoms with E-state index in [2.05, 4.69) is 40.6 Å². The molecule has 0 atom stereocenters. The Labute approximate surface area is 156 Å². The molecule has 0 aliphatic rings. The van der Waals surface area contributed by atoms with Crippen molar-refractivity contribution in [1.29, 1.82) is 0 Å². The molecule has 4 heteroatoms. The minimum Gasteiger partial charge on any atom is -0.298 e. The monoisotopic (exact) mass is 358 g/mol. The van der Waals surface area contributed by atoms with Crippen molar-refractivity contribution in [3.05, 3.63) is 82.7 Å². The zero-order valence-electron chi connectivity index (χ0n) is 14.6. The van der Waals surface area contributed by atoms with E-state index in [-0.39, 0.29) is 5.91 Å². The van der Waals surface area contributed by atoms with Gasteiger partial charge in [0.2, 0.25) is 0 Å². The zero-order chi connectivity index (χ0) is 18.1. The minimum atomic E-state index is -0.123. The van der Waals surface area contributed by atoms with Crippen LogP contribution in [0.5, 0.6) is 0 Å². The maximum absolute atomic E-state index is 12.5. The first-order valence-electron chi connectivity index (χ1n) is 8.43. The van der Waals surface area contributed by atoms with Crippen molar-refractivity contribution < 1.29 is 4.79 Å². The highest BCUT2D eigenvalue weighted by Gasteiger charge is 2.12. The SMILES string of the molecule is Cc1ccc(C(=O)Nc2nc(-c3ccc4ccccc4c3)cs2)c(C)c1. The number of nitrogens with one attached hydrogen (secondary N) is 1. The molecule has 1 amide bonds. The summed E-state index contributed by atoms with van der Waals surface area (Å²) in [7, 11) is 0. The van der Waals surface area contributed by atoms with E-state index in [0.717, 1.165) is 22.4 Å². The average molecular weight is 358 g/mol. The van der Waals surface area contributed by atoms with E-state index in [1.165, 1.54) is 22.1 Å². The van der Waals surface area contributed by atoms with Gasteiger partial charge in [-0.05, 0) is 42.3 Å². The molecule has 0 fully saturated rings. The molecular formula is C22H18N2OS. The van der Waals surface area contributed by atoms with Gasteiger partial charge in [0.05, 0.1) is 5.69 Å². The topological polar surface area (TPSA) is 42.0 Å². The molecule has 4 aromatic rings. The van der Waals surface area contributed by atoms with Crippen LogP contribution in [0.25, 0.3) is 22.0 Å². The van der Waals surface area contributed by atoms with E-state index in [0.29, 0.717) is 10.7 Å². The van der Waals surface area contributed by atoms with Crippen LogP contribution in [0.3, 0.4) is 0 Å². The van der Waals surface area contributed by atoms with Gasteiger partial charge < -0.3 is 0 Å². The maximum atomic E-state index is 12.5. The number of hydrogen-bond donors (Lipinski definition) is 1. The molecule has 0 aliphatic carbocycles. The van der Waals surface area contributed by atoms with Crippen LogP contribution in [0, 0.1) is 13.8 Å². The minimum absolute atomic E-state index is 0.123. The smallest absolute Gasteiger partial charge is 0.257 e. The second kappa shape index (κ2) is 6.73. The summed E-state index contributed by atoms with van der Waals surface area (Å²) in [5, 5.41) is 7.88. The van der Waals surface area contributed by atoms with Gasteiger partial charge >= 0.3 is 0 Å². The first-order valence-corrected chi connectivity index (χ1v) is 9.31. The Bertz CT molecular complexity index is 1110. The van der Waals surface area contributed by atoms with E-state index in [4.69, 9.17) is 0 Å². The van der Waals surface area contributed by atoms with Gasteiger partial charge in [-0.3, -0.25) is 10.1 Å². The standard InChI is InChI=1S/C22H18N2OS/c1-14-7-10-19(15(2)11-14)21(25)24-22-23-20(13-26-22)18-9-8-16-5-3-4-6-17(16)12-18/h3-13H,1-2H3,(H,23,24,25). The normalized spacial score (nSPS) is 10.8. The lowest BCUT2D eigenvalue weighted by Gasteiger charge is -2.06. The molecule has 1 aromatic heterocycles. The van der Waals surface area contributed by atoms with Crippen LogP contribution in [0.4, 0.5) is 5.13 Å². The summed E-state index contributed by atoms with van der Waals surface area (Å²) in [4.78, 5) is 17.1. The number of aromatic nitrogens is 1. The Morgan fingerprint density at radius 3 is 2.58 bits per heavy atom. The number of nitrogens with zero attached hydrogens (tertiary/aromatic N) is 1. The summed E-state index contributed by atoms with van der Waals surface area (Å²) in [6.45, 7) is 3.97. The van der Waals surface area contributed by atoms with Gasteiger partial charge in [-0.1, -0.05) is 54.1 Å². The number of carbonyl (C=O) groups excluding carboxylic acids is 1. The van der Waals surface area contributed by atoms with Crippen molar-refractivity contribution in [2.24, 2.45) is 0 Å². The zero-order valence-corrected chi connectivity index (χ0v) is 15.4. The number of benzene rings is 3. The van der Waals surface area contributed by atoms with Gasteiger partial charge in [0.1, 0.15) is 0 Å². The third-order valence-corrected chi connectivity index (χ3v) is 5.15. The molecule has 0 unspecified atom stereocenters. The van der Waals surface area contributed by atoms with Crippen LogP contribution in [0.2, 0.25) is 0 Å². The lowest BCUT2D eigenvalue weighted by molar-refractivity contribution is 0.102. The third kappa shape index (κ3) is 3.24. The van der Waals surface area contributed by atoms with Crippen molar-refractivity contribution in [3.63, 3.8) is 0 Å². The summed E-state index contributed by atoms with van der Waals surface area (Å²) in [6, 6.07) is 20.3. The van der Waals surface area contributed by atoms with E-state index < -0.39 is 0 Å². The first-order chi connectivity index (χ1) is 12.6. The van der Waals surface area contributed by atoms with E-state index in [1.54, 1.807) is 0 Å². The highest BCUT2D eigenvalue weighted by molar-refractivity contribution is 7.14. The molecule has 0 radical (unpaired) electrons. The lowest BCUT2D eigenvalue weighted by atomic mass is 10.1. The molecule has 3 aromatic carbocycles. The van der Waals surface area contributed by atoms with Crippen LogP contribution in [-0.4, -0.2) is 10.9 Å². The summed E-state index contributed by atoms with van der Waals surface area (Å²) < 4.78 is 0. The number of rotatable bonds is 3. The summed E-state index contributed by atoms with van der Waals surface area (Å²) >= 11 is 1.44. The molecule has 0 saturated carbocycles.